The van der Waals surface area contributed by atoms with Gasteiger partial charge in [0, 0.05) is 24.5 Å². The molecule has 8 nitrogen and oxygen atoms in total. The number of rotatable bonds is 6. The number of morpholine rings is 1. The predicted molar refractivity (Wildman–Crippen MR) is 122 cm³/mol. The number of ether oxygens (including phenoxy) is 1. The molecule has 1 atom stereocenters. The molecule has 4 rings (SSSR count). The standard InChI is InChI=1S/C21H24N4O4S2/c1-14(22-17-6-7-19-20(13-17)30-15(2)23-19)21(26)24-16-4-3-5-18(12-16)31(27,28)25-8-10-29-11-9-25/h3-7,12-14,22H,8-11H2,1-2H3,(H,24,26). The molecule has 10 heteroatoms. The molecule has 3 aromatic rings. The van der Waals surface area contributed by atoms with Crippen molar-refractivity contribution < 1.29 is 17.9 Å². The summed E-state index contributed by atoms with van der Waals surface area (Å²) in [5.41, 5.74) is 2.19. The molecule has 1 aliphatic heterocycles. The highest BCUT2D eigenvalue weighted by molar-refractivity contribution is 7.89. The number of nitrogens with one attached hydrogen (secondary N) is 2. The van der Waals surface area contributed by atoms with Gasteiger partial charge in [-0.2, -0.15) is 4.31 Å². The maximum absolute atomic E-state index is 12.9. The van der Waals surface area contributed by atoms with Gasteiger partial charge in [0.15, 0.2) is 0 Å². The predicted octanol–water partition coefficient (Wildman–Crippen LogP) is 3.06. The summed E-state index contributed by atoms with van der Waals surface area (Å²) in [5, 5.41) is 6.98. The molecule has 0 aliphatic carbocycles. The fourth-order valence-electron chi connectivity index (χ4n) is 3.37. The van der Waals surface area contributed by atoms with Crippen molar-refractivity contribution in [2.24, 2.45) is 0 Å². The summed E-state index contributed by atoms with van der Waals surface area (Å²) in [6.45, 7) is 5.12. The van der Waals surface area contributed by atoms with Crippen molar-refractivity contribution in [3.63, 3.8) is 0 Å². The number of anilines is 2. The van der Waals surface area contributed by atoms with E-state index in [1.54, 1.807) is 30.4 Å². The van der Waals surface area contributed by atoms with Gasteiger partial charge in [-0.3, -0.25) is 4.79 Å². The average Bonchev–Trinajstić information content (AvgIpc) is 3.13. The summed E-state index contributed by atoms with van der Waals surface area (Å²) in [5.74, 6) is -0.262. The second-order valence-electron chi connectivity index (χ2n) is 7.31. The molecular formula is C21H24N4O4S2. The molecule has 2 aromatic carbocycles. The molecule has 1 amide bonds. The lowest BCUT2D eigenvalue weighted by Gasteiger charge is -2.26. The second-order valence-corrected chi connectivity index (χ2v) is 10.5. The highest BCUT2D eigenvalue weighted by Gasteiger charge is 2.26. The van der Waals surface area contributed by atoms with Crippen molar-refractivity contribution in [1.82, 2.24) is 9.29 Å². The Bertz CT molecular complexity index is 1200. The minimum absolute atomic E-state index is 0.152. The number of benzene rings is 2. The Hall–Kier alpha value is -2.53. The Labute approximate surface area is 185 Å². The maximum Gasteiger partial charge on any atom is 0.246 e. The monoisotopic (exact) mass is 460 g/mol. The number of carbonyl (C=O) groups is 1. The van der Waals surface area contributed by atoms with Gasteiger partial charge in [0.1, 0.15) is 6.04 Å². The van der Waals surface area contributed by atoms with Gasteiger partial charge in [-0.25, -0.2) is 13.4 Å². The van der Waals surface area contributed by atoms with Gasteiger partial charge in [0.2, 0.25) is 15.9 Å². The summed E-state index contributed by atoms with van der Waals surface area (Å²) >= 11 is 1.60. The van der Waals surface area contributed by atoms with Crippen LogP contribution < -0.4 is 10.6 Å². The Morgan fingerprint density at radius 1 is 1.16 bits per heavy atom. The van der Waals surface area contributed by atoms with Crippen LogP contribution in [0.25, 0.3) is 10.2 Å². The quantitative estimate of drug-likeness (QED) is 0.586. The van der Waals surface area contributed by atoms with E-state index in [0.29, 0.717) is 32.0 Å². The number of amides is 1. The summed E-state index contributed by atoms with van der Waals surface area (Å²) < 4.78 is 33.4. The topological polar surface area (TPSA) is 101 Å². The molecule has 2 N–H and O–H groups in total. The van der Waals surface area contributed by atoms with Crippen LogP contribution in [0.3, 0.4) is 0 Å². The van der Waals surface area contributed by atoms with Crippen LogP contribution in [-0.2, 0) is 19.6 Å². The van der Waals surface area contributed by atoms with Crippen LogP contribution in [0.5, 0.6) is 0 Å². The molecule has 1 fully saturated rings. The Morgan fingerprint density at radius 2 is 1.94 bits per heavy atom. The molecule has 1 aliphatic rings. The van der Waals surface area contributed by atoms with Crippen LogP contribution in [0.4, 0.5) is 11.4 Å². The van der Waals surface area contributed by atoms with Gasteiger partial charge in [-0.05, 0) is 50.2 Å². The number of hydrogen-bond acceptors (Lipinski definition) is 7. The van der Waals surface area contributed by atoms with Crippen molar-refractivity contribution >= 4 is 48.9 Å². The molecule has 164 valence electrons. The minimum Gasteiger partial charge on any atom is -0.379 e. The summed E-state index contributed by atoms with van der Waals surface area (Å²) in [6, 6.07) is 11.6. The fourth-order valence-corrected chi connectivity index (χ4v) is 5.69. The Balaban J connectivity index is 1.44. The van der Waals surface area contributed by atoms with E-state index in [0.717, 1.165) is 20.9 Å². The van der Waals surface area contributed by atoms with Crippen LogP contribution in [-0.4, -0.2) is 56.0 Å². The Kier molecular flexibility index (Phi) is 6.24. The third-order valence-electron chi connectivity index (χ3n) is 4.98. The highest BCUT2D eigenvalue weighted by atomic mass is 32.2. The third-order valence-corrected chi connectivity index (χ3v) is 7.81. The number of thiazole rings is 1. The van der Waals surface area contributed by atoms with Gasteiger partial charge in [0.05, 0.1) is 33.3 Å². The van der Waals surface area contributed by atoms with E-state index in [-0.39, 0.29) is 10.8 Å². The molecule has 0 saturated carbocycles. The lowest BCUT2D eigenvalue weighted by atomic mass is 10.2. The zero-order chi connectivity index (χ0) is 22.0. The lowest BCUT2D eigenvalue weighted by Crippen LogP contribution is -2.40. The van der Waals surface area contributed by atoms with E-state index in [9.17, 15) is 13.2 Å². The first kappa shape index (κ1) is 21.7. The van der Waals surface area contributed by atoms with Crippen LogP contribution in [0, 0.1) is 6.92 Å². The van der Waals surface area contributed by atoms with Crippen LogP contribution in [0.2, 0.25) is 0 Å². The summed E-state index contributed by atoms with van der Waals surface area (Å²) in [7, 11) is -3.63. The normalized spacial score (nSPS) is 16.2. The number of aryl methyl sites for hydroxylation is 1. The lowest BCUT2D eigenvalue weighted by molar-refractivity contribution is -0.116. The number of hydrogen-bond donors (Lipinski definition) is 2. The number of sulfonamides is 1. The van der Waals surface area contributed by atoms with Crippen molar-refractivity contribution in [3.05, 3.63) is 47.5 Å². The molecule has 1 aromatic heterocycles. The average molecular weight is 461 g/mol. The van der Waals surface area contributed by atoms with E-state index in [4.69, 9.17) is 4.74 Å². The number of fused-ring (bicyclic) bond motifs is 1. The zero-order valence-electron chi connectivity index (χ0n) is 17.3. The van der Waals surface area contributed by atoms with Gasteiger partial charge in [-0.15, -0.1) is 11.3 Å². The fraction of sp³-hybridized carbons (Fsp3) is 0.333. The van der Waals surface area contributed by atoms with Gasteiger partial charge in [-0.1, -0.05) is 6.07 Å². The molecule has 1 unspecified atom stereocenters. The van der Waals surface area contributed by atoms with Crippen molar-refractivity contribution in [3.8, 4) is 0 Å². The molecule has 1 saturated heterocycles. The zero-order valence-corrected chi connectivity index (χ0v) is 18.9. The number of aromatic nitrogens is 1. The summed E-state index contributed by atoms with van der Waals surface area (Å²) in [6.07, 6.45) is 0. The van der Waals surface area contributed by atoms with E-state index in [2.05, 4.69) is 15.6 Å². The minimum atomic E-state index is -3.63. The molecule has 31 heavy (non-hydrogen) atoms. The van der Waals surface area contributed by atoms with Gasteiger partial charge >= 0.3 is 0 Å². The first-order valence-electron chi connectivity index (χ1n) is 9.95. The van der Waals surface area contributed by atoms with Crippen LogP contribution >= 0.6 is 11.3 Å². The smallest absolute Gasteiger partial charge is 0.246 e. The van der Waals surface area contributed by atoms with Crippen molar-refractivity contribution in [1.29, 1.82) is 0 Å². The van der Waals surface area contributed by atoms with Crippen LogP contribution in [0.15, 0.2) is 47.4 Å². The maximum atomic E-state index is 12.9. The van der Waals surface area contributed by atoms with Gasteiger partial charge in [0.25, 0.3) is 0 Å². The van der Waals surface area contributed by atoms with Crippen LogP contribution in [0.1, 0.15) is 11.9 Å². The first-order chi connectivity index (χ1) is 14.8. The SMILES string of the molecule is Cc1nc2ccc(NC(C)C(=O)Nc3cccc(S(=O)(=O)N4CCOCC4)c3)cc2s1. The Morgan fingerprint density at radius 3 is 2.71 bits per heavy atom. The van der Waals surface area contributed by atoms with E-state index >= 15 is 0 Å². The first-order valence-corrected chi connectivity index (χ1v) is 12.2. The van der Waals surface area contributed by atoms with Crippen molar-refractivity contribution in [2.75, 3.05) is 36.9 Å². The van der Waals surface area contributed by atoms with E-state index in [1.165, 1.54) is 16.4 Å². The van der Waals surface area contributed by atoms with E-state index < -0.39 is 16.1 Å². The van der Waals surface area contributed by atoms with Gasteiger partial charge < -0.3 is 15.4 Å². The van der Waals surface area contributed by atoms with Crippen molar-refractivity contribution in [2.45, 2.75) is 24.8 Å². The van der Waals surface area contributed by atoms with E-state index in [1.807, 2.05) is 25.1 Å². The number of carbonyl (C=O) groups excluding carboxylic acids is 1. The largest absolute Gasteiger partial charge is 0.379 e. The number of nitrogens with zero attached hydrogens (tertiary/aromatic N) is 2. The third kappa shape index (κ3) is 4.87. The molecule has 0 spiro atoms. The molecule has 0 radical (unpaired) electrons. The highest BCUT2D eigenvalue weighted by Crippen LogP contribution is 2.25. The molecular weight excluding hydrogens is 436 g/mol. The molecule has 2 heterocycles. The molecule has 0 bridgehead atoms. The summed E-state index contributed by atoms with van der Waals surface area (Å²) in [4.78, 5) is 17.3. The second kappa shape index (κ2) is 8.91.